The molecule has 1 aliphatic rings. The molecule has 1 N–H and O–H groups in total. The quantitative estimate of drug-likeness (QED) is 0.512. The number of sulfonamides is 1. The number of nitrogens with zero attached hydrogens (tertiary/aromatic N) is 2. The van der Waals surface area contributed by atoms with E-state index in [0.717, 1.165) is 51.8 Å². The molecule has 1 fully saturated rings. The molecule has 0 radical (unpaired) electrons. The summed E-state index contributed by atoms with van der Waals surface area (Å²) in [4.78, 5) is 28.0. The zero-order valence-corrected chi connectivity index (χ0v) is 22.2. The molecule has 7 nitrogen and oxygen atoms in total. The Kier molecular flexibility index (Phi) is 8.76. The van der Waals surface area contributed by atoms with Gasteiger partial charge in [-0.25, -0.2) is 8.42 Å². The van der Waals surface area contributed by atoms with E-state index in [2.05, 4.69) is 21.2 Å². The molecule has 1 atom stereocenters. The second kappa shape index (κ2) is 11.4. The Hall–Kier alpha value is -2.39. The first-order valence-electron chi connectivity index (χ1n) is 11.4. The standard InChI is InChI=1S/C25H32BrN3O4S/c1-18-15-22(13-14-23(18)26)29(34(3,32)33)17-24(30)28(16-20-9-5-4-6-10-20)19(2)25(31)27-21-11-7-8-12-21/h4-6,9-10,13-15,19,21H,7-8,11-12,16-17H2,1-3H3,(H,27,31)/t19-/m1/s1. The number of hydrogen-bond donors (Lipinski definition) is 1. The molecule has 1 saturated carbocycles. The van der Waals surface area contributed by atoms with E-state index in [4.69, 9.17) is 0 Å². The summed E-state index contributed by atoms with van der Waals surface area (Å²) in [6.45, 7) is 3.36. The Bertz CT molecular complexity index is 1120. The highest BCUT2D eigenvalue weighted by molar-refractivity contribution is 9.10. The van der Waals surface area contributed by atoms with Gasteiger partial charge in [0.05, 0.1) is 11.9 Å². The highest BCUT2D eigenvalue weighted by Gasteiger charge is 2.31. The molecule has 0 unspecified atom stereocenters. The van der Waals surface area contributed by atoms with Gasteiger partial charge in [-0.2, -0.15) is 0 Å². The van der Waals surface area contributed by atoms with Crippen LogP contribution < -0.4 is 9.62 Å². The number of carbonyl (C=O) groups is 2. The van der Waals surface area contributed by atoms with E-state index in [1.165, 1.54) is 4.90 Å². The third kappa shape index (κ3) is 6.82. The average molecular weight is 551 g/mol. The molecule has 184 valence electrons. The number of nitrogens with one attached hydrogen (secondary N) is 1. The topological polar surface area (TPSA) is 86.8 Å². The maximum atomic E-state index is 13.5. The fourth-order valence-corrected chi connectivity index (χ4v) is 5.24. The molecule has 0 spiro atoms. The van der Waals surface area contributed by atoms with Gasteiger partial charge in [0.2, 0.25) is 21.8 Å². The summed E-state index contributed by atoms with van der Waals surface area (Å²) in [6.07, 6.45) is 5.13. The number of anilines is 1. The minimum atomic E-state index is -3.74. The molecule has 0 aliphatic heterocycles. The molecule has 0 heterocycles. The van der Waals surface area contributed by atoms with Gasteiger partial charge in [0.25, 0.3) is 0 Å². The third-order valence-corrected chi connectivity index (χ3v) is 8.20. The Balaban J connectivity index is 1.87. The van der Waals surface area contributed by atoms with Crippen molar-refractivity contribution in [2.45, 2.75) is 58.2 Å². The normalized spacial score (nSPS) is 15.1. The molecule has 2 aromatic rings. The first-order valence-corrected chi connectivity index (χ1v) is 14.1. The molecule has 9 heteroatoms. The maximum absolute atomic E-state index is 13.5. The summed E-state index contributed by atoms with van der Waals surface area (Å²) in [5.74, 6) is -0.662. The predicted octanol–water partition coefficient (Wildman–Crippen LogP) is 4.00. The van der Waals surface area contributed by atoms with E-state index in [-0.39, 0.29) is 18.5 Å². The van der Waals surface area contributed by atoms with Crippen LogP contribution >= 0.6 is 15.9 Å². The first kappa shape index (κ1) is 26.2. The van der Waals surface area contributed by atoms with Gasteiger partial charge >= 0.3 is 0 Å². The summed E-state index contributed by atoms with van der Waals surface area (Å²) in [5, 5.41) is 3.06. The van der Waals surface area contributed by atoms with Gasteiger partial charge in [-0.05, 0) is 56.0 Å². The van der Waals surface area contributed by atoms with Gasteiger partial charge in [0.1, 0.15) is 12.6 Å². The molecule has 0 bridgehead atoms. The fraction of sp³-hybridized carbons (Fsp3) is 0.440. The monoisotopic (exact) mass is 549 g/mol. The number of rotatable bonds is 9. The Morgan fingerprint density at radius 3 is 2.35 bits per heavy atom. The lowest BCUT2D eigenvalue weighted by Gasteiger charge is -2.32. The lowest BCUT2D eigenvalue weighted by molar-refractivity contribution is -0.139. The highest BCUT2D eigenvalue weighted by atomic mass is 79.9. The molecule has 3 rings (SSSR count). The molecule has 0 saturated heterocycles. The van der Waals surface area contributed by atoms with Crippen LogP contribution in [0.4, 0.5) is 5.69 Å². The van der Waals surface area contributed by atoms with Crippen LogP contribution in [0.15, 0.2) is 53.0 Å². The smallest absolute Gasteiger partial charge is 0.244 e. The van der Waals surface area contributed by atoms with E-state index in [9.17, 15) is 18.0 Å². The minimum absolute atomic E-state index is 0.127. The molecule has 2 aromatic carbocycles. The summed E-state index contributed by atoms with van der Waals surface area (Å²) in [7, 11) is -3.74. The molecular weight excluding hydrogens is 518 g/mol. The van der Waals surface area contributed by atoms with Crippen LogP contribution in [0.1, 0.15) is 43.7 Å². The predicted molar refractivity (Wildman–Crippen MR) is 138 cm³/mol. The van der Waals surface area contributed by atoms with Crippen molar-refractivity contribution in [1.82, 2.24) is 10.2 Å². The van der Waals surface area contributed by atoms with Crippen molar-refractivity contribution in [3.8, 4) is 0 Å². The lowest BCUT2D eigenvalue weighted by atomic mass is 10.1. The summed E-state index contributed by atoms with van der Waals surface area (Å²) in [5.41, 5.74) is 2.12. The molecule has 1 aliphatic carbocycles. The largest absolute Gasteiger partial charge is 0.352 e. The minimum Gasteiger partial charge on any atom is -0.352 e. The third-order valence-electron chi connectivity index (χ3n) is 6.17. The van der Waals surface area contributed by atoms with E-state index >= 15 is 0 Å². The van der Waals surface area contributed by atoms with Crippen LogP contribution in [0.5, 0.6) is 0 Å². The van der Waals surface area contributed by atoms with Crippen molar-refractivity contribution >= 4 is 43.5 Å². The van der Waals surface area contributed by atoms with Crippen molar-refractivity contribution in [2.24, 2.45) is 0 Å². The van der Waals surface area contributed by atoms with E-state index in [0.29, 0.717) is 5.69 Å². The number of hydrogen-bond acceptors (Lipinski definition) is 4. The van der Waals surface area contributed by atoms with Gasteiger partial charge in [0.15, 0.2) is 0 Å². The van der Waals surface area contributed by atoms with Crippen LogP contribution in [-0.4, -0.2) is 50.0 Å². The summed E-state index contributed by atoms with van der Waals surface area (Å²) in [6, 6.07) is 13.9. The van der Waals surface area contributed by atoms with Crippen molar-refractivity contribution in [3.05, 3.63) is 64.1 Å². The Morgan fingerprint density at radius 2 is 1.76 bits per heavy atom. The highest BCUT2D eigenvalue weighted by Crippen LogP contribution is 2.25. The number of benzene rings is 2. The number of halogens is 1. The van der Waals surface area contributed by atoms with Crippen LogP contribution in [0.25, 0.3) is 0 Å². The van der Waals surface area contributed by atoms with Crippen molar-refractivity contribution < 1.29 is 18.0 Å². The van der Waals surface area contributed by atoms with Gasteiger partial charge in [-0.3, -0.25) is 13.9 Å². The zero-order valence-electron chi connectivity index (χ0n) is 19.8. The van der Waals surface area contributed by atoms with Crippen LogP contribution in [0.3, 0.4) is 0 Å². The lowest BCUT2D eigenvalue weighted by Crippen LogP contribution is -2.52. The number of aryl methyl sites for hydroxylation is 1. The average Bonchev–Trinajstić information content (AvgIpc) is 3.30. The Labute approximate surface area is 210 Å². The first-order chi connectivity index (χ1) is 16.1. The number of carbonyl (C=O) groups excluding carboxylic acids is 2. The van der Waals surface area contributed by atoms with Crippen LogP contribution in [0, 0.1) is 6.92 Å². The second-order valence-corrected chi connectivity index (χ2v) is 11.6. The fourth-order valence-electron chi connectivity index (χ4n) is 4.15. The van der Waals surface area contributed by atoms with E-state index in [1.54, 1.807) is 25.1 Å². The summed E-state index contributed by atoms with van der Waals surface area (Å²) >= 11 is 3.42. The van der Waals surface area contributed by atoms with E-state index < -0.39 is 28.5 Å². The summed E-state index contributed by atoms with van der Waals surface area (Å²) < 4.78 is 27.2. The van der Waals surface area contributed by atoms with Gasteiger partial charge in [-0.15, -0.1) is 0 Å². The second-order valence-electron chi connectivity index (χ2n) is 8.88. The van der Waals surface area contributed by atoms with E-state index in [1.807, 2.05) is 37.3 Å². The van der Waals surface area contributed by atoms with Crippen LogP contribution in [0.2, 0.25) is 0 Å². The molecule has 34 heavy (non-hydrogen) atoms. The van der Waals surface area contributed by atoms with Crippen molar-refractivity contribution in [3.63, 3.8) is 0 Å². The Morgan fingerprint density at radius 1 is 1.12 bits per heavy atom. The molecule has 0 aromatic heterocycles. The van der Waals surface area contributed by atoms with Gasteiger partial charge in [0, 0.05) is 17.1 Å². The van der Waals surface area contributed by atoms with Gasteiger partial charge < -0.3 is 10.2 Å². The SMILES string of the molecule is Cc1cc(N(CC(=O)N(Cc2ccccc2)[C@H](C)C(=O)NC2CCCC2)S(C)(=O)=O)ccc1Br. The van der Waals surface area contributed by atoms with Crippen molar-refractivity contribution in [2.75, 3.05) is 17.1 Å². The number of amides is 2. The van der Waals surface area contributed by atoms with Crippen molar-refractivity contribution in [1.29, 1.82) is 0 Å². The molecular formula is C25H32BrN3O4S. The zero-order chi connectivity index (χ0) is 24.9. The molecule has 2 amide bonds. The van der Waals surface area contributed by atoms with Gasteiger partial charge in [-0.1, -0.05) is 59.1 Å². The van der Waals surface area contributed by atoms with Crippen LogP contribution in [-0.2, 0) is 26.2 Å². The maximum Gasteiger partial charge on any atom is 0.244 e.